The van der Waals surface area contributed by atoms with Crippen molar-refractivity contribution >= 4 is 27.6 Å². The molecule has 0 heterocycles. The van der Waals surface area contributed by atoms with Gasteiger partial charge < -0.3 is 10.1 Å². The molecule has 7 nitrogen and oxygen atoms in total. The number of rotatable bonds is 6. The zero-order valence-electron chi connectivity index (χ0n) is 12.0. The number of benzene rings is 1. The molecule has 0 aliphatic carbocycles. The van der Waals surface area contributed by atoms with Crippen molar-refractivity contribution in [3.63, 3.8) is 0 Å². The molecule has 1 amide bonds. The summed E-state index contributed by atoms with van der Waals surface area (Å²) in [6, 6.07) is 5.94. The van der Waals surface area contributed by atoms with Crippen molar-refractivity contribution in [3.05, 3.63) is 29.8 Å². The van der Waals surface area contributed by atoms with Gasteiger partial charge in [0.05, 0.1) is 17.5 Å². The summed E-state index contributed by atoms with van der Waals surface area (Å²) >= 11 is 0. The first-order valence-electron chi connectivity index (χ1n) is 6.22. The second-order valence-electron chi connectivity index (χ2n) is 4.72. The van der Waals surface area contributed by atoms with Crippen LogP contribution in [0.3, 0.4) is 0 Å². The Balaban J connectivity index is 2.77. The Morgan fingerprint density at radius 2 is 1.86 bits per heavy atom. The van der Waals surface area contributed by atoms with E-state index in [1.54, 1.807) is 26.0 Å². The van der Waals surface area contributed by atoms with E-state index < -0.39 is 28.5 Å². The first-order chi connectivity index (χ1) is 9.69. The Morgan fingerprint density at radius 3 is 2.43 bits per heavy atom. The first-order valence-corrected chi connectivity index (χ1v) is 8.11. The molecule has 8 heteroatoms. The van der Waals surface area contributed by atoms with Crippen molar-refractivity contribution in [3.8, 4) is 0 Å². The number of hydrogen-bond acceptors (Lipinski definition) is 5. The molecule has 1 aromatic carbocycles. The van der Waals surface area contributed by atoms with Crippen molar-refractivity contribution in [2.45, 2.75) is 19.9 Å². The van der Waals surface area contributed by atoms with Gasteiger partial charge in [0.1, 0.15) is 0 Å². The third kappa shape index (κ3) is 6.26. The predicted octanol–water partition coefficient (Wildman–Crippen LogP) is 0.739. The molecule has 116 valence electrons. The van der Waals surface area contributed by atoms with E-state index >= 15 is 0 Å². The van der Waals surface area contributed by atoms with E-state index in [2.05, 4.69) is 10.0 Å². The molecule has 1 aromatic rings. The van der Waals surface area contributed by atoms with Crippen molar-refractivity contribution in [1.82, 2.24) is 5.32 Å². The fourth-order valence-corrected chi connectivity index (χ4v) is 2.10. The van der Waals surface area contributed by atoms with E-state index in [0.717, 1.165) is 6.26 Å². The first kappa shape index (κ1) is 17.0. The van der Waals surface area contributed by atoms with E-state index in [1.807, 2.05) is 0 Å². The molecule has 0 atom stereocenters. The van der Waals surface area contributed by atoms with Gasteiger partial charge in [0.2, 0.25) is 10.0 Å². The lowest BCUT2D eigenvalue weighted by Gasteiger charge is -2.11. The number of carbonyl (C=O) groups is 2. The average Bonchev–Trinajstić information content (AvgIpc) is 2.34. The van der Waals surface area contributed by atoms with E-state index in [4.69, 9.17) is 4.74 Å². The second-order valence-corrected chi connectivity index (χ2v) is 6.47. The molecule has 0 saturated carbocycles. The third-order valence-electron chi connectivity index (χ3n) is 2.23. The Morgan fingerprint density at radius 1 is 1.24 bits per heavy atom. The summed E-state index contributed by atoms with van der Waals surface area (Å²) in [5, 5.41) is 2.57. The van der Waals surface area contributed by atoms with Gasteiger partial charge in [-0.05, 0) is 26.0 Å². The van der Waals surface area contributed by atoms with Gasteiger partial charge in [0.15, 0.2) is 6.61 Å². The zero-order chi connectivity index (χ0) is 16.0. The molecule has 2 N–H and O–H groups in total. The molecular weight excluding hydrogens is 296 g/mol. The normalized spacial score (nSPS) is 11.0. The number of para-hydroxylation sites is 1. The summed E-state index contributed by atoms with van der Waals surface area (Å²) in [5.41, 5.74) is 0.148. The summed E-state index contributed by atoms with van der Waals surface area (Å²) < 4.78 is 29.6. The van der Waals surface area contributed by atoms with Crippen LogP contribution in [-0.2, 0) is 19.6 Å². The Kier molecular flexibility index (Phi) is 5.71. The highest BCUT2D eigenvalue weighted by Crippen LogP contribution is 2.17. The van der Waals surface area contributed by atoms with Crippen LogP contribution in [0.5, 0.6) is 0 Å². The van der Waals surface area contributed by atoms with Crippen LogP contribution in [0, 0.1) is 0 Å². The lowest BCUT2D eigenvalue weighted by molar-refractivity contribution is -0.124. The predicted molar refractivity (Wildman–Crippen MR) is 78.5 cm³/mol. The maximum atomic E-state index is 11.9. The molecule has 0 unspecified atom stereocenters. The Bertz CT molecular complexity index is 625. The fraction of sp³-hybridized carbons (Fsp3) is 0.385. The Hall–Kier alpha value is -2.09. The van der Waals surface area contributed by atoms with Gasteiger partial charge >= 0.3 is 5.97 Å². The van der Waals surface area contributed by atoms with Crippen molar-refractivity contribution in [2.75, 3.05) is 17.6 Å². The lowest BCUT2D eigenvalue weighted by Crippen LogP contribution is -2.34. The van der Waals surface area contributed by atoms with Crippen molar-refractivity contribution in [1.29, 1.82) is 0 Å². The molecule has 0 fully saturated rings. The summed E-state index contributed by atoms with van der Waals surface area (Å²) in [4.78, 5) is 23.3. The van der Waals surface area contributed by atoms with E-state index in [9.17, 15) is 18.0 Å². The number of amides is 1. The standard InChI is InChI=1S/C13H18N2O5S/c1-9(2)14-12(16)8-20-13(17)10-6-4-5-7-11(10)15-21(3,18)19/h4-7,9,15H,8H2,1-3H3,(H,14,16). The molecule has 0 spiro atoms. The molecular formula is C13H18N2O5S. The van der Waals surface area contributed by atoms with Crippen LogP contribution in [0.25, 0.3) is 0 Å². The van der Waals surface area contributed by atoms with Crippen LogP contribution in [0.2, 0.25) is 0 Å². The van der Waals surface area contributed by atoms with E-state index in [0.29, 0.717) is 0 Å². The second kappa shape index (κ2) is 7.07. The quantitative estimate of drug-likeness (QED) is 0.754. The Labute approximate surface area is 123 Å². The van der Waals surface area contributed by atoms with Gasteiger partial charge in [-0.1, -0.05) is 12.1 Å². The largest absolute Gasteiger partial charge is 0.452 e. The van der Waals surface area contributed by atoms with Crippen molar-refractivity contribution in [2.24, 2.45) is 0 Å². The smallest absolute Gasteiger partial charge is 0.340 e. The third-order valence-corrected chi connectivity index (χ3v) is 2.82. The highest BCUT2D eigenvalue weighted by molar-refractivity contribution is 7.92. The number of carbonyl (C=O) groups excluding carboxylic acids is 2. The molecule has 0 aliphatic heterocycles. The lowest BCUT2D eigenvalue weighted by atomic mass is 10.2. The van der Waals surface area contributed by atoms with Crippen LogP contribution in [-0.4, -0.2) is 39.2 Å². The number of ether oxygens (including phenoxy) is 1. The van der Waals surface area contributed by atoms with Gasteiger partial charge in [-0.2, -0.15) is 0 Å². The van der Waals surface area contributed by atoms with E-state index in [-0.39, 0.29) is 17.3 Å². The minimum atomic E-state index is -3.52. The topological polar surface area (TPSA) is 102 Å². The number of nitrogens with one attached hydrogen (secondary N) is 2. The van der Waals surface area contributed by atoms with Crippen LogP contribution in [0.4, 0.5) is 5.69 Å². The van der Waals surface area contributed by atoms with Crippen LogP contribution in [0.15, 0.2) is 24.3 Å². The zero-order valence-corrected chi connectivity index (χ0v) is 12.9. The van der Waals surface area contributed by atoms with Gasteiger partial charge in [-0.15, -0.1) is 0 Å². The molecule has 0 bridgehead atoms. The molecule has 21 heavy (non-hydrogen) atoms. The number of esters is 1. The van der Waals surface area contributed by atoms with Gasteiger partial charge in [0, 0.05) is 6.04 Å². The molecule has 0 radical (unpaired) electrons. The molecule has 1 rings (SSSR count). The summed E-state index contributed by atoms with van der Waals surface area (Å²) in [6.45, 7) is 3.14. The number of anilines is 1. The highest BCUT2D eigenvalue weighted by atomic mass is 32.2. The van der Waals surface area contributed by atoms with Gasteiger partial charge in [-0.3, -0.25) is 9.52 Å². The molecule has 0 aliphatic rings. The molecule has 0 saturated heterocycles. The minimum absolute atomic E-state index is 0.0419. The SMILES string of the molecule is CC(C)NC(=O)COC(=O)c1ccccc1NS(C)(=O)=O. The van der Waals surface area contributed by atoms with Gasteiger partial charge in [-0.25, -0.2) is 13.2 Å². The molecule has 0 aromatic heterocycles. The highest BCUT2D eigenvalue weighted by Gasteiger charge is 2.16. The fourth-order valence-electron chi connectivity index (χ4n) is 1.52. The van der Waals surface area contributed by atoms with Crippen molar-refractivity contribution < 1.29 is 22.7 Å². The van der Waals surface area contributed by atoms with Crippen LogP contribution in [0.1, 0.15) is 24.2 Å². The monoisotopic (exact) mass is 314 g/mol. The van der Waals surface area contributed by atoms with Crippen LogP contribution < -0.4 is 10.0 Å². The summed E-state index contributed by atoms with van der Waals surface area (Å²) in [6.07, 6.45) is 0.977. The number of sulfonamides is 1. The summed E-state index contributed by atoms with van der Waals surface area (Å²) in [5.74, 6) is -1.20. The number of hydrogen-bond donors (Lipinski definition) is 2. The summed E-state index contributed by atoms with van der Waals surface area (Å²) in [7, 11) is -3.52. The maximum Gasteiger partial charge on any atom is 0.340 e. The van der Waals surface area contributed by atoms with Crippen LogP contribution >= 0.6 is 0 Å². The van der Waals surface area contributed by atoms with E-state index in [1.165, 1.54) is 12.1 Å². The average molecular weight is 314 g/mol. The minimum Gasteiger partial charge on any atom is -0.452 e. The van der Waals surface area contributed by atoms with Gasteiger partial charge in [0.25, 0.3) is 5.91 Å². The maximum absolute atomic E-state index is 11.9.